The first-order valence-corrected chi connectivity index (χ1v) is 7.63. The first-order valence-electron chi connectivity index (χ1n) is 7.25. The molecule has 23 heavy (non-hydrogen) atoms. The number of aryl methyl sites for hydroxylation is 1. The van der Waals surface area contributed by atoms with E-state index in [9.17, 15) is 4.79 Å². The number of ether oxygens (including phenoxy) is 1. The van der Waals surface area contributed by atoms with E-state index in [2.05, 4.69) is 10.1 Å². The van der Waals surface area contributed by atoms with Crippen LogP contribution in [0.15, 0.2) is 34.9 Å². The Labute approximate surface area is 138 Å². The van der Waals surface area contributed by atoms with Crippen LogP contribution in [0.3, 0.4) is 0 Å². The van der Waals surface area contributed by atoms with Crippen LogP contribution in [0.2, 0.25) is 5.02 Å². The molecule has 1 aliphatic rings. The zero-order valence-electron chi connectivity index (χ0n) is 12.6. The second-order valence-corrected chi connectivity index (χ2v) is 5.62. The molecular formula is C16H16ClN3O3. The van der Waals surface area contributed by atoms with E-state index in [-0.39, 0.29) is 11.9 Å². The summed E-state index contributed by atoms with van der Waals surface area (Å²) in [5.74, 6) is 0.820. The Balaban J connectivity index is 1.74. The van der Waals surface area contributed by atoms with Gasteiger partial charge in [0.2, 0.25) is 11.8 Å². The molecule has 0 N–H and O–H groups in total. The lowest BCUT2D eigenvalue weighted by molar-refractivity contribution is -0.135. The van der Waals surface area contributed by atoms with Crippen molar-refractivity contribution in [2.75, 3.05) is 19.8 Å². The van der Waals surface area contributed by atoms with Crippen LogP contribution in [-0.2, 0) is 9.53 Å². The molecule has 1 fully saturated rings. The first-order chi connectivity index (χ1) is 11.1. The van der Waals surface area contributed by atoms with E-state index in [0.29, 0.717) is 36.5 Å². The predicted octanol–water partition coefficient (Wildman–Crippen LogP) is 2.64. The van der Waals surface area contributed by atoms with Crippen molar-refractivity contribution < 1.29 is 14.1 Å². The van der Waals surface area contributed by atoms with Gasteiger partial charge in [0.15, 0.2) is 5.82 Å². The van der Waals surface area contributed by atoms with Crippen molar-refractivity contribution in [1.29, 1.82) is 0 Å². The van der Waals surface area contributed by atoms with E-state index in [4.69, 9.17) is 20.9 Å². The van der Waals surface area contributed by atoms with Crippen molar-refractivity contribution in [3.05, 3.63) is 52.6 Å². The molecule has 0 radical (unpaired) electrons. The van der Waals surface area contributed by atoms with Crippen molar-refractivity contribution in [1.82, 2.24) is 15.0 Å². The highest BCUT2D eigenvalue weighted by Gasteiger charge is 2.30. The van der Waals surface area contributed by atoms with Gasteiger partial charge in [0.05, 0.1) is 13.2 Å². The molecule has 0 aliphatic carbocycles. The van der Waals surface area contributed by atoms with Crippen LogP contribution in [0.1, 0.15) is 23.3 Å². The van der Waals surface area contributed by atoms with Crippen LogP contribution in [0, 0.1) is 6.92 Å². The van der Waals surface area contributed by atoms with Gasteiger partial charge >= 0.3 is 0 Å². The van der Waals surface area contributed by atoms with Crippen LogP contribution >= 0.6 is 11.6 Å². The second-order valence-electron chi connectivity index (χ2n) is 5.18. The lowest BCUT2D eigenvalue weighted by Crippen LogP contribution is -2.43. The van der Waals surface area contributed by atoms with E-state index < -0.39 is 0 Å². The third-order valence-corrected chi connectivity index (χ3v) is 3.79. The van der Waals surface area contributed by atoms with E-state index in [0.717, 1.165) is 5.56 Å². The van der Waals surface area contributed by atoms with Crippen LogP contribution in [0.25, 0.3) is 6.08 Å². The summed E-state index contributed by atoms with van der Waals surface area (Å²) in [6.45, 7) is 3.06. The standard InChI is InChI=1S/C16H16ClN3O3/c1-11-18-16(19-23-11)14-10-22-9-8-20(14)15(21)7-4-12-2-5-13(17)6-3-12/h2-7,14H,8-10H2,1H3/b7-4+. The first kappa shape index (κ1) is 15.7. The zero-order chi connectivity index (χ0) is 16.2. The molecule has 1 unspecified atom stereocenters. The molecule has 1 saturated heterocycles. The van der Waals surface area contributed by atoms with Gasteiger partial charge < -0.3 is 14.2 Å². The number of nitrogens with zero attached hydrogens (tertiary/aromatic N) is 3. The van der Waals surface area contributed by atoms with E-state index in [1.165, 1.54) is 6.08 Å². The highest BCUT2D eigenvalue weighted by atomic mass is 35.5. The van der Waals surface area contributed by atoms with Crippen molar-refractivity contribution in [2.24, 2.45) is 0 Å². The van der Waals surface area contributed by atoms with Crippen LogP contribution in [-0.4, -0.2) is 40.7 Å². The number of amides is 1. The normalized spacial score (nSPS) is 18.5. The molecule has 0 spiro atoms. The summed E-state index contributed by atoms with van der Waals surface area (Å²) >= 11 is 5.85. The van der Waals surface area contributed by atoms with Gasteiger partial charge in [-0.3, -0.25) is 4.79 Å². The molecule has 1 amide bonds. The van der Waals surface area contributed by atoms with E-state index in [1.807, 2.05) is 12.1 Å². The minimum atomic E-state index is -0.330. The molecule has 6 nitrogen and oxygen atoms in total. The summed E-state index contributed by atoms with van der Waals surface area (Å²) in [4.78, 5) is 18.4. The number of aromatic nitrogens is 2. The van der Waals surface area contributed by atoms with Gasteiger partial charge in [-0.15, -0.1) is 0 Å². The lowest BCUT2D eigenvalue weighted by atomic mass is 10.2. The number of rotatable bonds is 3. The van der Waals surface area contributed by atoms with Gasteiger partial charge in [0, 0.05) is 24.6 Å². The average molecular weight is 334 g/mol. The second kappa shape index (κ2) is 6.93. The maximum atomic E-state index is 12.5. The molecule has 2 heterocycles. The molecular weight excluding hydrogens is 318 g/mol. The fourth-order valence-electron chi connectivity index (χ4n) is 2.37. The third kappa shape index (κ3) is 3.78. The lowest BCUT2D eigenvalue weighted by Gasteiger charge is -2.32. The summed E-state index contributed by atoms with van der Waals surface area (Å²) in [5, 5.41) is 4.56. The van der Waals surface area contributed by atoms with Crippen molar-refractivity contribution >= 4 is 23.6 Å². The Kier molecular flexibility index (Phi) is 4.73. The Bertz CT molecular complexity index is 712. The van der Waals surface area contributed by atoms with E-state index >= 15 is 0 Å². The SMILES string of the molecule is Cc1nc(C2COCCN2C(=O)/C=C/c2ccc(Cl)cc2)no1. The molecule has 1 atom stereocenters. The number of morpholine rings is 1. The minimum absolute atomic E-state index is 0.115. The largest absolute Gasteiger partial charge is 0.377 e. The highest BCUT2D eigenvalue weighted by molar-refractivity contribution is 6.30. The summed E-state index contributed by atoms with van der Waals surface area (Å²) in [5.41, 5.74) is 0.906. The number of carbonyl (C=O) groups excluding carboxylic acids is 1. The zero-order valence-corrected chi connectivity index (χ0v) is 13.4. The fraction of sp³-hybridized carbons (Fsp3) is 0.312. The van der Waals surface area contributed by atoms with Gasteiger partial charge in [-0.2, -0.15) is 4.98 Å². The number of hydrogen-bond acceptors (Lipinski definition) is 5. The summed E-state index contributed by atoms with van der Waals surface area (Å²) in [6.07, 6.45) is 3.29. The van der Waals surface area contributed by atoms with Gasteiger partial charge in [-0.05, 0) is 23.8 Å². The Hall–Kier alpha value is -2.18. The summed E-state index contributed by atoms with van der Waals surface area (Å²) in [6, 6.07) is 6.94. The number of benzene rings is 1. The number of halogens is 1. The van der Waals surface area contributed by atoms with Crippen LogP contribution in [0.5, 0.6) is 0 Å². The molecule has 0 bridgehead atoms. The Morgan fingerprint density at radius 2 is 2.17 bits per heavy atom. The van der Waals surface area contributed by atoms with Gasteiger partial charge in [0.25, 0.3) is 0 Å². The minimum Gasteiger partial charge on any atom is -0.377 e. The molecule has 3 rings (SSSR count). The fourth-order valence-corrected chi connectivity index (χ4v) is 2.49. The number of hydrogen-bond donors (Lipinski definition) is 0. The average Bonchev–Trinajstić information content (AvgIpc) is 3.00. The topological polar surface area (TPSA) is 68.5 Å². The molecule has 7 heteroatoms. The third-order valence-electron chi connectivity index (χ3n) is 3.54. The summed E-state index contributed by atoms with van der Waals surface area (Å²) < 4.78 is 10.4. The molecule has 1 aromatic carbocycles. The van der Waals surface area contributed by atoms with Crippen molar-refractivity contribution in [3.63, 3.8) is 0 Å². The molecule has 120 valence electrons. The molecule has 0 saturated carbocycles. The maximum absolute atomic E-state index is 12.5. The van der Waals surface area contributed by atoms with Gasteiger partial charge in [-0.25, -0.2) is 0 Å². The van der Waals surface area contributed by atoms with Crippen LogP contribution < -0.4 is 0 Å². The van der Waals surface area contributed by atoms with Gasteiger partial charge in [-0.1, -0.05) is 28.9 Å². The molecule has 1 aromatic heterocycles. The van der Waals surface area contributed by atoms with Crippen molar-refractivity contribution in [2.45, 2.75) is 13.0 Å². The number of carbonyl (C=O) groups is 1. The van der Waals surface area contributed by atoms with Gasteiger partial charge in [0.1, 0.15) is 6.04 Å². The quantitative estimate of drug-likeness (QED) is 0.808. The Morgan fingerprint density at radius 1 is 1.39 bits per heavy atom. The van der Waals surface area contributed by atoms with Crippen molar-refractivity contribution in [3.8, 4) is 0 Å². The van der Waals surface area contributed by atoms with Crippen LogP contribution in [0.4, 0.5) is 0 Å². The predicted molar refractivity (Wildman–Crippen MR) is 84.8 cm³/mol. The highest BCUT2D eigenvalue weighted by Crippen LogP contribution is 2.22. The monoisotopic (exact) mass is 333 g/mol. The maximum Gasteiger partial charge on any atom is 0.247 e. The smallest absolute Gasteiger partial charge is 0.247 e. The Morgan fingerprint density at radius 3 is 2.87 bits per heavy atom. The molecule has 2 aromatic rings. The van der Waals surface area contributed by atoms with E-state index in [1.54, 1.807) is 30.0 Å². The summed E-state index contributed by atoms with van der Waals surface area (Å²) in [7, 11) is 0. The molecule has 1 aliphatic heterocycles.